The molecule has 1 aromatic carbocycles. The molecule has 0 radical (unpaired) electrons. The Morgan fingerprint density at radius 3 is 2.67 bits per heavy atom. The highest BCUT2D eigenvalue weighted by atomic mass is 32.1. The molecule has 1 heterocycles. The van der Waals surface area contributed by atoms with E-state index < -0.39 is 0 Å². The van der Waals surface area contributed by atoms with E-state index in [2.05, 4.69) is 18.8 Å². The Balaban J connectivity index is 2.37. The maximum absolute atomic E-state index is 13.1. The smallest absolute Gasteiger partial charge is 0.123 e. The number of thiazole rings is 1. The first-order chi connectivity index (χ1) is 8.52. The lowest BCUT2D eigenvalue weighted by Crippen LogP contribution is -2.13. The molecule has 0 bridgehead atoms. The van der Waals surface area contributed by atoms with E-state index in [9.17, 15) is 4.39 Å². The fourth-order valence-corrected chi connectivity index (χ4v) is 3.06. The van der Waals surface area contributed by atoms with Crippen molar-refractivity contribution in [1.82, 2.24) is 4.98 Å². The van der Waals surface area contributed by atoms with Gasteiger partial charge in [-0.05, 0) is 43.5 Å². The van der Waals surface area contributed by atoms with Gasteiger partial charge < -0.3 is 5.73 Å². The van der Waals surface area contributed by atoms with Gasteiger partial charge in [-0.1, -0.05) is 13.0 Å². The SMILES string of the molecule is CCc1nc(C(N)c2ccc(F)cc2C)sc1C. The van der Waals surface area contributed by atoms with Crippen molar-refractivity contribution in [2.24, 2.45) is 5.73 Å². The topological polar surface area (TPSA) is 38.9 Å². The minimum absolute atomic E-state index is 0.229. The van der Waals surface area contributed by atoms with Crippen molar-refractivity contribution in [2.75, 3.05) is 0 Å². The van der Waals surface area contributed by atoms with Gasteiger partial charge in [0.25, 0.3) is 0 Å². The second-order valence-corrected chi connectivity index (χ2v) is 5.62. The van der Waals surface area contributed by atoms with Crippen molar-refractivity contribution < 1.29 is 4.39 Å². The van der Waals surface area contributed by atoms with Gasteiger partial charge in [-0.2, -0.15) is 0 Å². The van der Waals surface area contributed by atoms with E-state index >= 15 is 0 Å². The highest BCUT2D eigenvalue weighted by Crippen LogP contribution is 2.28. The number of benzene rings is 1. The number of aromatic nitrogens is 1. The van der Waals surface area contributed by atoms with Crippen molar-refractivity contribution in [2.45, 2.75) is 33.2 Å². The Hall–Kier alpha value is -1.26. The van der Waals surface area contributed by atoms with Crippen LogP contribution in [0, 0.1) is 19.7 Å². The number of hydrogen-bond acceptors (Lipinski definition) is 3. The summed E-state index contributed by atoms with van der Waals surface area (Å²) in [6.45, 7) is 6.02. The standard InChI is InChI=1S/C14H17FN2S/c1-4-12-9(3)18-14(17-12)13(16)11-6-5-10(15)7-8(11)2/h5-7,13H,4,16H2,1-3H3. The van der Waals surface area contributed by atoms with E-state index in [-0.39, 0.29) is 11.9 Å². The van der Waals surface area contributed by atoms with Gasteiger partial charge in [0.05, 0.1) is 11.7 Å². The fourth-order valence-electron chi connectivity index (χ4n) is 2.03. The summed E-state index contributed by atoms with van der Waals surface area (Å²) in [7, 11) is 0. The van der Waals surface area contributed by atoms with Crippen LogP contribution in [-0.4, -0.2) is 4.98 Å². The Bertz CT molecular complexity index is 563. The number of hydrogen-bond donors (Lipinski definition) is 1. The summed E-state index contributed by atoms with van der Waals surface area (Å²) in [4.78, 5) is 5.78. The molecule has 0 aliphatic rings. The lowest BCUT2D eigenvalue weighted by Gasteiger charge is -2.12. The summed E-state index contributed by atoms with van der Waals surface area (Å²) in [5.74, 6) is -0.229. The lowest BCUT2D eigenvalue weighted by molar-refractivity contribution is 0.624. The van der Waals surface area contributed by atoms with E-state index in [0.717, 1.165) is 28.2 Å². The van der Waals surface area contributed by atoms with E-state index in [1.54, 1.807) is 17.4 Å². The molecule has 0 aliphatic heterocycles. The highest BCUT2D eigenvalue weighted by molar-refractivity contribution is 7.11. The first-order valence-electron chi connectivity index (χ1n) is 6.00. The first-order valence-corrected chi connectivity index (χ1v) is 6.82. The van der Waals surface area contributed by atoms with Gasteiger partial charge in [0.15, 0.2) is 0 Å². The summed E-state index contributed by atoms with van der Waals surface area (Å²) < 4.78 is 13.1. The zero-order valence-electron chi connectivity index (χ0n) is 10.8. The third-order valence-corrected chi connectivity index (χ3v) is 4.17. The van der Waals surface area contributed by atoms with Crippen LogP contribution in [0.3, 0.4) is 0 Å². The Morgan fingerprint density at radius 1 is 1.39 bits per heavy atom. The van der Waals surface area contributed by atoms with E-state index in [0.29, 0.717) is 0 Å². The molecule has 4 heteroatoms. The molecule has 2 nitrogen and oxygen atoms in total. The van der Waals surface area contributed by atoms with Crippen LogP contribution in [-0.2, 0) is 6.42 Å². The number of halogens is 1. The molecule has 18 heavy (non-hydrogen) atoms. The van der Waals surface area contributed by atoms with E-state index in [1.165, 1.54) is 17.0 Å². The molecule has 0 saturated heterocycles. The van der Waals surface area contributed by atoms with Crippen LogP contribution in [0.1, 0.15) is 39.7 Å². The summed E-state index contributed by atoms with van der Waals surface area (Å²) in [6.07, 6.45) is 0.914. The van der Waals surface area contributed by atoms with Gasteiger partial charge in [-0.3, -0.25) is 0 Å². The molecule has 1 unspecified atom stereocenters. The molecular weight excluding hydrogens is 247 g/mol. The van der Waals surface area contributed by atoms with Gasteiger partial charge in [0.1, 0.15) is 10.8 Å². The number of aryl methyl sites for hydroxylation is 3. The molecular formula is C14H17FN2S. The molecule has 2 aromatic rings. The van der Waals surface area contributed by atoms with Crippen LogP contribution in [0.4, 0.5) is 4.39 Å². The minimum atomic E-state index is -0.269. The number of nitrogens with two attached hydrogens (primary N) is 1. The minimum Gasteiger partial charge on any atom is -0.318 e. The van der Waals surface area contributed by atoms with Crippen LogP contribution in [0.25, 0.3) is 0 Å². The summed E-state index contributed by atoms with van der Waals surface area (Å²) >= 11 is 1.62. The van der Waals surface area contributed by atoms with Crippen LogP contribution < -0.4 is 5.73 Å². The van der Waals surface area contributed by atoms with Crippen molar-refractivity contribution in [3.63, 3.8) is 0 Å². The molecule has 0 spiro atoms. The predicted molar refractivity (Wildman–Crippen MR) is 73.4 cm³/mol. The van der Waals surface area contributed by atoms with Crippen LogP contribution in [0.5, 0.6) is 0 Å². The number of rotatable bonds is 3. The molecule has 96 valence electrons. The zero-order chi connectivity index (χ0) is 13.3. The Morgan fingerprint density at radius 2 is 2.11 bits per heavy atom. The molecule has 0 saturated carbocycles. The molecule has 0 amide bonds. The quantitative estimate of drug-likeness (QED) is 0.921. The largest absolute Gasteiger partial charge is 0.318 e. The second-order valence-electron chi connectivity index (χ2n) is 4.39. The molecule has 2 N–H and O–H groups in total. The summed E-state index contributed by atoms with van der Waals surface area (Å²) in [6, 6.07) is 4.44. The predicted octanol–water partition coefficient (Wildman–Crippen LogP) is 3.51. The maximum Gasteiger partial charge on any atom is 0.123 e. The van der Waals surface area contributed by atoms with Crippen molar-refractivity contribution in [1.29, 1.82) is 0 Å². The van der Waals surface area contributed by atoms with Crippen LogP contribution in [0.15, 0.2) is 18.2 Å². The molecule has 0 aliphatic carbocycles. The summed E-state index contributed by atoms with van der Waals surface area (Å²) in [5.41, 5.74) is 9.14. The molecule has 0 fully saturated rings. The normalized spacial score (nSPS) is 12.7. The lowest BCUT2D eigenvalue weighted by atomic mass is 10.0. The van der Waals surface area contributed by atoms with E-state index in [4.69, 9.17) is 5.73 Å². The third kappa shape index (κ3) is 2.44. The van der Waals surface area contributed by atoms with Crippen molar-refractivity contribution >= 4 is 11.3 Å². The molecule has 1 atom stereocenters. The van der Waals surface area contributed by atoms with Gasteiger partial charge in [-0.15, -0.1) is 11.3 Å². The fraction of sp³-hybridized carbons (Fsp3) is 0.357. The van der Waals surface area contributed by atoms with Crippen LogP contribution >= 0.6 is 11.3 Å². The Kier molecular flexibility index (Phi) is 3.78. The number of nitrogens with zero attached hydrogens (tertiary/aromatic N) is 1. The van der Waals surface area contributed by atoms with E-state index in [1.807, 2.05) is 6.92 Å². The monoisotopic (exact) mass is 264 g/mol. The maximum atomic E-state index is 13.1. The highest BCUT2D eigenvalue weighted by Gasteiger charge is 2.17. The van der Waals surface area contributed by atoms with Gasteiger partial charge in [-0.25, -0.2) is 9.37 Å². The van der Waals surface area contributed by atoms with Crippen molar-refractivity contribution in [3.8, 4) is 0 Å². The summed E-state index contributed by atoms with van der Waals surface area (Å²) in [5, 5.41) is 0.902. The zero-order valence-corrected chi connectivity index (χ0v) is 11.6. The average molecular weight is 264 g/mol. The van der Waals surface area contributed by atoms with Crippen molar-refractivity contribution in [3.05, 3.63) is 50.7 Å². The molecule has 1 aromatic heterocycles. The van der Waals surface area contributed by atoms with Gasteiger partial charge in [0.2, 0.25) is 0 Å². The Labute approximate surface area is 111 Å². The first kappa shape index (κ1) is 13.2. The second kappa shape index (κ2) is 5.16. The van der Waals surface area contributed by atoms with Gasteiger partial charge >= 0.3 is 0 Å². The van der Waals surface area contributed by atoms with Crippen LogP contribution in [0.2, 0.25) is 0 Å². The third-order valence-electron chi connectivity index (χ3n) is 3.08. The molecule has 2 rings (SSSR count). The van der Waals surface area contributed by atoms with Gasteiger partial charge in [0, 0.05) is 4.88 Å². The average Bonchev–Trinajstić information content (AvgIpc) is 2.70.